The molecule has 2 aromatic rings. The molecule has 1 atom stereocenters. The Bertz CT molecular complexity index is 705. The quantitative estimate of drug-likeness (QED) is 0.893. The molecule has 1 fully saturated rings. The van der Waals surface area contributed by atoms with E-state index in [0.717, 1.165) is 36.4 Å². The number of carbonyl (C=O) groups excluding carboxylic acids is 1. The molecule has 0 spiro atoms. The maximum Gasteiger partial charge on any atom is 0.359 e. The molecule has 9 heteroatoms. The van der Waals surface area contributed by atoms with Gasteiger partial charge in [0.05, 0.1) is 6.04 Å². The lowest BCUT2D eigenvalue weighted by Crippen LogP contribution is -2.41. The first-order valence-electron chi connectivity index (χ1n) is 7.20. The molecular weight excluding hydrogens is 318 g/mol. The summed E-state index contributed by atoms with van der Waals surface area (Å²) in [6.45, 7) is 0.611. The number of carbonyl (C=O) groups is 2. The molecule has 2 N–H and O–H groups in total. The van der Waals surface area contributed by atoms with Gasteiger partial charge in [0.25, 0.3) is 0 Å². The first kappa shape index (κ1) is 15.3. The summed E-state index contributed by atoms with van der Waals surface area (Å²) in [5.41, 5.74) is 0.738. The first-order chi connectivity index (χ1) is 11.2. The van der Waals surface area contributed by atoms with Gasteiger partial charge in [-0.3, -0.25) is 10.3 Å². The zero-order valence-electron chi connectivity index (χ0n) is 12.2. The van der Waals surface area contributed by atoms with Crippen LogP contribution in [0.15, 0.2) is 24.5 Å². The van der Waals surface area contributed by atoms with Crippen LogP contribution in [0.1, 0.15) is 41.4 Å². The summed E-state index contributed by atoms with van der Waals surface area (Å²) in [4.78, 5) is 29.5. The third kappa shape index (κ3) is 3.29. The summed E-state index contributed by atoms with van der Waals surface area (Å²) in [5, 5.41) is 15.3. The van der Waals surface area contributed by atoms with Crippen molar-refractivity contribution in [2.75, 3.05) is 11.9 Å². The number of nitrogens with zero attached hydrogens (tertiary/aromatic N) is 4. The molecule has 3 rings (SSSR count). The molecule has 3 heterocycles. The standard InChI is InChI=1S/C14H15N5O3S/c20-13(21)11-12(23-18-17-11)16-14(22)19-7-2-1-5-10(19)9-4-3-6-15-8-9/h3-4,6,8,10H,1-2,5,7H2,(H,16,22)(H,20,21)/t10-/m0/s1. The number of likely N-dealkylation sites (tertiary alicyclic amines) is 1. The largest absolute Gasteiger partial charge is 0.476 e. The lowest BCUT2D eigenvalue weighted by molar-refractivity contribution is 0.0691. The Morgan fingerprint density at radius 3 is 3.00 bits per heavy atom. The Kier molecular flexibility index (Phi) is 4.47. The SMILES string of the molecule is O=C(O)c1nnsc1NC(=O)N1CCCC[C@H]1c1cccnc1. The second kappa shape index (κ2) is 6.69. The zero-order valence-corrected chi connectivity index (χ0v) is 13.0. The van der Waals surface area contributed by atoms with Gasteiger partial charge in [0.1, 0.15) is 0 Å². The molecule has 0 unspecified atom stereocenters. The number of hydrogen-bond acceptors (Lipinski definition) is 6. The van der Waals surface area contributed by atoms with E-state index < -0.39 is 5.97 Å². The van der Waals surface area contributed by atoms with E-state index >= 15 is 0 Å². The van der Waals surface area contributed by atoms with Crippen LogP contribution in [0.5, 0.6) is 0 Å². The fraction of sp³-hybridized carbons (Fsp3) is 0.357. The molecule has 2 amide bonds. The number of carboxylic acid groups (broad SMARTS) is 1. The van der Waals surface area contributed by atoms with Crippen molar-refractivity contribution in [3.05, 3.63) is 35.8 Å². The number of aromatic nitrogens is 3. The van der Waals surface area contributed by atoms with Crippen molar-refractivity contribution < 1.29 is 14.7 Å². The molecule has 0 aliphatic carbocycles. The number of hydrogen-bond donors (Lipinski definition) is 2. The molecule has 2 aromatic heterocycles. The van der Waals surface area contributed by atoms with E-state index in [2.05, 4.69) is 19.9 Å². The minimum absolute atomic E-state index is 0.0633. The number of amides is 2. The van der Waals surface area contributed by atoms with Crippen molar-refractivity contribution in [3.63, 3.8) is 0 Å². The maximum absolute atomic E-state index is 12.6. The third-order valence-corrected chi connectivity index (χ3v) is 4.39. The molecule has 120 valence electrons. The van der Waals surface area contributed by atoms with Gasteiger partial charge in [-0.25, -0.2) is 9.59 Å². The van der Waals surface area contributed by atoms with Gasteiger partial charge in [0.2, 0.25) is 5.69 Å². The lowest BCUT2D eigenvalue weighted by atomic mass is 9.97. The van der Waals surface area contributed by atoms with Crippen molar-refractivity contribution in [1.82, 2.24) is 19.5 Å². The lowest BCUT2D eigenvalue weighted by Gasteiger charge is -2.35. The van der Waals surface area contributed by atoms with Gasteiger partial charge in [0.15, 0.2) is 5.00 Å². The minimum atomic E-state index is -1.21. The number of piperidine rings is 1. The van der Waals surface area contributed by atoms with Gasteiger partial charge in [-0.05, 0) is 30.9 Å². The molecule has 8 nitrogen and oxygen atoms in total. The highest BCUT2D eigenvalue weighted by molar-refractivity contribution is 7.10. The second-order valence-corrected chi connectivity index (χ2v) is 5.93. The Balaban J connectivity index is 1.79. The van der Waals surface area contributed by atoms with Crippen LogP contribution in [0.25, 0.3) is 0 Å². The van der Waals surface area contributed by atoms with Crippen LogP contribution in [0.3, 0.4) is 0 Å². The molecule has 23 heavy (non-hydrogen) atoms. The molecule has 1 saturated heterocycles. The Labute approximate surface area is 136 Å². The summed E-state index contributed by atoms with van der Waals surface area (Å²) >= 11 is 0.854. The zero-order chi connectivity index (χ0) is 16.2. The summed E-state index contributed by atoms with van der Waals surface area (Å²) in [6, 6.07) is 3.38. The van der Waals surface area contributed by atoms with Gasteiger partial charge < -0.3 is 10.0 Å². The maximum atomic E-state index is 12.6. The van der Waals surface area contributed by atoms with Crippen molar-refractivity contribution >= 4 is 28.5 Å². The number of pyridine rings is 1. The highest BCUT2D eigenvalue weighted by Gasteiger charge is 2.29. The topological polar surface area (TPSA) is 108 Å². The third-order valence-electron chi connectivity index (χ3n) is 3.74. The van der Waals surface area contributed by atoms with Crippen LogP contribution in [0.4, 0.5) is 9.80 Å². The Morgan fingerprint density at radius 1 is 1.39 bits per heavy atom. The Morgan fingerprint density at radius 2 is 2.26 bits per heavy atom. The van der Waals surface area contributed by atoms with Crippen LogP contribution in [0.2, 0.25) is 0 Å². The molecular formula is C14H15N5O3S. The average molecular weight is 333 g/mol. The van der Waals surface area contributed by atoms with Gasteiger partial charge in [-0.1, -0.05) is 10.6 Å². The van der Waals surface area contributed by atoms with E-state index in [0.29, 0.717) is 6.54 Å². The minimum Gasteiger partial charge on any atom is -0.476 e. The fourth-order valence-electron chi connectivity index (χ4n) is 2.68. The summed E-state index contributed by atoms with van der Waals surface area (Å²) in [7, 11) is 0. The van der Waals surface area contributed by atoms with E-state index in [-0.39, 0.29) is 22.8 Å². The number of urea groups is 1. The van der Waals surface area contributed by atoms with Gasteiger partial charge >= 0.3 is 12.0 Å². The van der Waals surface area contributed by atoms with Crippen LogP contribution in [-0.4, -0.2) is 43.1 Å². The molecule has 1 aliphatic heterocycles. The smallest absolute Gasteiger partial charge is 0.359 e. The number of aromatic carboxylic acids is 1. The number of rotatable bonds is 3. The predicted molar refractivity (Wildman–Crippen MR) is 83.4 cm³/mol. The van der Waals surface area contributed by atoms with Crippen LogP contribution < -0.4 is 5.32 Å². The van der Waals surface area contributed by atoms with Gasteiger partial charge in [-0.15, -0.1) is 5.10 Å². The Hall–Kier alpha value is -2.55. The molecule has 0 radical (unpaired) electrons. The van der Waals surface area contributed by atoms with E-state index in [1.54, 1.807) is 17.3 Å². The fourth-order valence-corrected chi connectivity index (χ4v) is 3.23. The summed E-state index contributed by atoms with van der Waals surface area (Å²) in [5.74, 6) is -1.21. The molecule has 1 aliphatic rings. The van der Waals surface area contributed by atoms with Crippen molar-refractivity contribution in [2.24, 2.45) is 0 Å². The second-order valence-electron chi connectivity index (χ2n) is 5.18. The number of nitrogens with one attached hydrogen (secondary N) is 1. The number of carboxylic acids is 1. The van der Waals surface area contributed by atoms with E-state index in [4.69, 9.17) is 5.11 Å². The van der Waals surface area contributed by atoms with Crippen LogP contribution in [-0.2, 0) is 0 Å². The van der Waals surface area contributed by atoms with Crippen molar-refractivity contribution in [1.29, 1.82) is 0 Å². The van der Waals surface area contributed by atoms with Crippen molar-refractivity contribution in [2.45, 2.75) is 25.3 Å². The highest BCUT2D eigenvalue weighted by Crippen LogP contribution is 2.31. The van der Waals surface area contributed by atoms with Crippen molar-refractivity contribution in [3.8, 4) is 0 Å². The van der Waals surface area contributed by atoms with Crippen LogP contribution >= 0.6 is 11.5 Å². The van der Waals surface area contributed by atoms with E-state index in [9.17, 15) is 9.59 Å². The van der Waals surface area contributed by atoms with Crippen LogP contribution in [0, 0.1) is 0 Å². The predicted octanol–water partition coefficient (Wildman–Crippen LogP) is 2.39. The normalized spacial score (nSPS) is 17.7. The van der Waals surface area contributed by atoms with Gasteiger partial charge in [0, 0.05) is 30.5 Å². The van der Waals surface area contributed by atoms with E-state index in [1.807, 2.05) is 12.1 Å². The first-order valence-corrected chi connectivity index (χ1v) is 7.97. The molecule has 0 saturated carbocycles. The van der Waals surface area contributed by atoms with Gasteiger partial charge in [-0.2, -0.15) is 0 Å². The van der Waals surface area contributed by atoms with E-state index in [1.165, 1.54) is 0 Å². The number of anilines is 1. The molecule has 0 aromatic carbocycles. The molecule has 0 bridgehead atoms. The summed E-state index contributed by atoms with van der Waals surface area (Å²) in [6.07, 6.45) is 6.25. The highest BCUT2D eigenvalue weighted by atomic mass is 32.1. The summed E-state index contributed by atoms with van der Waals surface area (Å²) < 4.78 is 3.59. The monoisotopic (exact) mass is 333 g/mol. The average Bonchev–Trinajstić information content (AvgIpc) is 3.04.